The predicted molar refractivity (Wildman–Crippen MR) is 107 cm³/mol. The largest absolute Gasteiger partial charge is 0.436 e. The first-order chi connectivity index (χ1) is 14.3. The molecule has 1 spiro atoms. The molecule has 0 bridgehead atoms. The van der Waals surface area contributed by atoms with Crippen LogP contribution in [0.4, 0.5) is 19.3 Å². The zero-order valence-electron chi connectivity index (χ0n) is 16.0. The maximum atomic E-state index is 15.1. The van der Waals surface area contributed by atoms with Crippen LogP contribution in [0.2, 0.25) is 5.02 Å². The highest BCUT2D eigenvalue weighted by atomic mass is 35.5. The number of nitrogens with two attached hydrogens (primary N) is 1. The molecule has 9 heteroatoms. The second-order valence-electron chi connectivity index (χ2n) is 7.51. The number of anilines is 1. The van der Waals surface area contributed by atoms with E-state index < -0.39 is 35.3 Å². The molecule has 1 saturated heterocycles. The summed E-state index contributed by atoms with van der Waals surface area (Å²) >= 11 is 6.00. The maximum absolute atomic E-state index is 15.1. The van der Waals surface area contributed by atoms with E-state index in [0.717, 1.165) is 4.90 Å². The van der Waals surface area contributed by atoms with Crippen LogP contribution in [-0.4, -0.2) is 31.1 Å². The lowest BCUT2D eigenvalue weighted by Gasteiger charge is -2.44. The Kier molecular flexibility index (Phi) is 5.48. The van der Waals surface area contributed by atoms with Gasteiger partial charge in [0.05, 0.1) is 22.3 Å². The molecule has 1 fully saturated rings. The fourth-order valence-corrected chi connectivity index (χ4v) is 4.24. The van der Waals surface area contributed by atoms with Gasteiger partial charge >= 0.3 is 6.09 Å². The normalized spacial score (nSPS) is 21.9. The van der Waals surface area contributed by atoms with E-state index in [1.807, 2.05) is 0 Å². The van der Waals surface area contributed by atoms with Crippen molar-refractivity contribution in [3.8, 4) is 0 Å². The van der Waals surface area contributed by atoms with E-state index >= 15 is 4.39 Å². The van der Waals surface area contributed by atoms with E-state index in [1.54, 1.807) is 6.07 Å². The van der Waals surface area contributed by atoms with Crippen LogP contribution in [0.1, 0.15) is 24.0 Å². The van der Waals surface area contributed by atoms with Gasteiger partial charge in [-0.3, -0.25) is 4.79 Å². The van der Waals surface area contributed by atoms with Crippen molar-refractivity contribution in [2.75, 3.05) is 18.0 Å². The van der Waals surface area contributed by atoms with Crippen molar-refractivity contribution in [2.24, 2.45) is 5.73 Å². The standard InChI is InChI=1S/C21H20ClF2N3O3/c22-14-5-6-16-17(18(14)24)21(7-2-8-26-11-21)30-20(29)27(16)19(28)15(25)10-12-3-1-4-13(23)9-12/h1,3-6,9,15,26H,2,7-8,10-11,25H2/t15-,21-/m0/s1. The zero-order chi connectivity index (χ0) is 21.5. The summed E-state index contributed by atoms with van der Waals surface area (Å²) in [4.78, 5) is 26.7. The zero-order valence-corrected chi connectivity index (χ0v) is 16.7. The number of hydrogen-bond acceptors (Lipinski definition) is 5. The summed E-state index contributed by atoms with van der Waals surface area (Å²) in [5.74, 6) is -1.97. The second-order valence-corrected chi connectivity index (χ2v) is 7.92. The van der Waals surface area contributed by atoms with E-state index in [2.05, 4.69) is 5.32 Å². The van der Waals surface area contributed by atoms with Crippen LogP contribution in [0.15, 0.2) is 36.4 Å². The summed E-state index contributed by atoms with van der Waals surface area (Å²) in [6.45, 7) is 0.915. The molecule has 2 aromatic carbocycles. The van der Waals surface area contributed by atoms with Gasteiger partial charge in [-0.25, -0.2) is 18.5 Å². The van der Waals surface area contributed by atoms with Crippen LogP contribution in [-0.2, 0) is 21.6 Å². The van der Waals surface area contributed by atoms with Gasteiger partial charge in [-0.15, -0.1) is 0 Å². The van der Waals surface area contributed by atoms with Crippen molar-refractivity contribution in [2.45, 2.75) is 30.9 Å². The third kappa shape index (κ3) is 3.55. The van der Waals surface area contributed by atoms with Gasteiger partial charge in [0.1, 0.15) is 5.82 Å². The number of carbonyl (C=O) groups is 2. The maximum Gasteiger partial charge on any atom is 0.422 e. The van der Waals surface area contributed by atoms with Crippen LogP contribution in [0, 0.1) is 11.6 Å². The molecule has 4 rings (SSSR count). The molecule has 2 atom stereocenters. The van der Waals surface area contributed by atoms with E-state index in [-0.39, 0.29) is 29.2 Å². The molecular weight excluding hydrogens is 416 g/mol. The summed E-state index contributed by atoms with van der Waals surface area (Å²) in [7, 11) is 0. The van der Waals surface area contributed by atoms with E-state index in [0.29, 0.717) is 24.9 Å². The smallest absolute Gasteiger partial charge is 0.422 e. The third-order valence-corrected chi connectivity index (χ3v) is 5.75. The van der Waals surface area contributed by atoms with Gasteiger partial charge in [0, 0.05) is 6.54 Å². The van der Waals surface area contributed by atoms with Crippen molar-refractivity contribution >= 4 is 29.3 Å². The number of amides is 2. The first-order valence-corrected chi connectivity index (χ1v) is 9.96. The molecule has 0 radical (unpaired) electrons. The number of carbonyl (C=O) groups excluding carboxylic acids is 2. The van der Waals surface area contributed by atoms with Crippen LogP contribution in [0.3, 0.4) is 0 Å². The molecular formula is C21H20ClF2N3O3. The van der Waals surface area contributed by atoms with E-state index in [1.165, 1.54) is 30.3 Å². The Balaban J connectivity index is 1.71. The third-order valence-electron chi connectivity index (χ3n) is 5.46. The van der Waals surface area contributed by atoms with Gasteiger partial charge in [-0.2, -0.15) is 0 Å². The highest BCUT2D eigenvalue weighted by Crippen LogP contribution is 2.46. The number of benzene rings is 2. The minimum atomic E-state index is -1.25. The van der Waals surface area contributed by atoms with Crippen molar-refractivity contribution in [3.05, 3.63) is 64.2 Å². The van der Waals surface area contributed by atoms with Gasteiger partial charge in [0.2, 0.25) is 0 Å². The molecule has 0 aliphatic carbocycles. The van der Waals surface area contributed by atoms with Crippen LogP contribution in [0.25, 0.3) is 0 Å². The second kappa shape index (κ2) is 7.94. The number of rotatable bonds is 3. The van der Waals surface area contributed by atoms with Crippen molar-refractivity contribution in [1.29, 1.82) is 0 Å². The highest BCUT2D eigenvalue weighted by Gasteiger charge is 2.50. The molecule has 0 saturated carbocycles. The summed E-state index contributed by atoms with van der Waals surface area (Å²) in [6.07, 6.45) is 0.130. The fraction of sp³-hybridized carbons (Fsp3) is 0.333. The Hall–Kier alpha value is -2.55. The SMILES string of the molecule is N[C@@H](Cc1cccc(F)c1)C(=O)N1C(=O)O[C@]2(CCCNC2)c2c1ccc(Cl)c2F. The molecule has 30 heavy (non-hydrogen) atoms. The van der Waals surface area contributed by atoms with Crippen molar-refractivity contribution in [3.63, 3.8) is 0 Å². The molecule has 2 aliphatic rings. The van der Waals surface area contributed by atoms with E-state index in [4.69, 9.17) is 22.1 Å². The lowest BCUT2D eigenvalue weighted by atomic mass is 9.83. The number of nitrogens with zero attached hydrogens (tertiary/aromatic N) is 1. The fourth-order valence-electron chi connectivity index (χ4n) is 4.08. The number of imide groups is 1. The molecule has 2 heterocycles. The molecule has 0 aromatic heterocycles. The average Bonchev–Trinajstić information content (AvgIpc) is 2.71. The Bertz CT molecular complexity index is 1010. The summed E-state index contributed by atoms with van der Waals surface area (Å²) in [5, 5.41) is 2.98. The van der Waals surface area contributed by atoms with Crippen LogP contribution >= 0.6 is 11.6 Å². The molecule has 2 aliphatic heterocycles. The quantitative estimate of drug-likeness (QED) is 0.773. The number of halogens is 3. The van der Waals surface area contributed by atoms with Gasteiger partial charge in [0.25, 0.3) is 5.91 Å². The van der Waals surface area contributed by atoms with Crippen LogP contribution < -0.4 is 16.0 Å². The van der Waals surface area contributed by atoms with Crippen LogP contribution in [0.5, 0.6) is 0 Å². The Morgan fingerprint density at radius 1 is 1.33 bits per heavy atom. The monoisotopic (exact) mass is 435 g/mol. The van der Waals surface area contributed by atoms with Gasteiger partial charge in [-0.05, 0) is 55.6 Å². The molecule has 0 unspecified atom stereocenters. The number of fused-ring (bicyclic) bond motifs is 2. The van der Waals surface area contributed by atoms with E-state index in [9.17, 15) is 14.0 Å². The molecule has 158 valence electrons. The van der Waals surface area contributed by atoms with Gasteiger partial charge in [0.15, 0.2) is 11.4 Å². The highest BCUT2D eigenvalue weighted by molar-refractivity contribution is 6.31. The van der Waals surface area contributed by atoms with Gasteiger partial charge in [-0.1, -0.05) is 23.7 Å². The molecule has 2 aromatic rings. The molecule has 6 nitrogen and oxygen atoms in total. The minimum absolute atomic E-state index is 0.00151. The topological polar surface area (TPSA) is 84.7 Å². The lowest BCUT2D eigenvalue weighted by molar-refractivity contribution is -0.120. The first-order valence-electron chi connectivity index (χ1n) is 9.58. The first kappa shape index (κ1) is 20.7. The lowest BCUT2D eigenvalue weighted by Crippen LogP contribution is -2.57. The average molecular weight is 436 g/mol. The minimum Gasteiger partial charge on any atom is -0.436 e. The van der Waals surface area contributed by atoms with Crippen molar-refractivity contribution in [1.82, 2.24) is 5.32 Å². The number of piperidine rings is 1. The summed E-state index contributed by atoms with van der Waals surface area (Å²) in [6, 6.07) is 7.21. The summed E-state index contributed by atoms with van der Waals surface area (Å²) < 4.78 is 34.2. The summed E-state index contributed by atoms with van der Waals surface area (Å²) in [5.41, 5.74) is 5.41. The molecule has 3 N–H and O–H groups in total. The van der Waals surface area contributed by atoms with Gasteiger partial charge < -0.3 is 15.8 Å². The predicted octanol–water partition coefficient (Wildman–Crippen LogP) is 3.25. The number of nitrogens with one attached hydrogen (secondary N) is 1. The Morgan fingerprint density at radius 2 is 2.13 bits per heavy atom. The Morgan fingerprint density at radius 3 is 2.83 bits per heavy atom. The van der Waals surface area contributed by atoms with Crippen molar-refractivity contribution < 1.29 is 23.1 Å². The number of hydrogen-bond donors (Lipinski definition) is 2. The Labute approximate surface area is 176 Å². The number of ether oxygens (including phenoxy) is 1. The molecule has 2 amide bonds.